The SMILES string of the molecule is CNC(=O)/C(=C/C(=N)Br)Nc1ncccc1Cl.Cc1cc(Br)cc(C(=O)NC(C)C)c1. The fraction of sp³-hybridized carbons (Fsp3) is 0.238. The molecule has 1 aromatic carbocycles. The maximum Gasteiger partial charge on any atom is 0.267 e. The fourth-order valence-corrected chi connectivity index (χ4v) is 3.24. The Kier molecular flexibility index (Phi) is 11.4. The van der Waals surface area contributed by atoms with Crippen molar-refractivity contribution < 1.29 is 9.59 Å². The zero-order valence-electron chi connectivity index (χ0n) is 17.5. The van der Waals surface area contributed by atoms with Crippen LogP contribution in [0.5, 0.6) is 0 Å². The monoisotopic (exact) mass is 571 g/mol. The van der Waals surface area contributed by atoms with Gasteiger partial charge in [0.2, 0.25) is 0 Å². The van der Waals surface area contributed by atoms with Crippen molar-refractivity contribution in [1.82, 2.24) is 15.6 Å². The minimum absolute atomic E-state index is 0.0237. The number of halogens is 3. The number of hydrogen-bond acceptors (Lipinski definition) is 5. The van der Waals surface area contributed by atoms with Crippen molar-refractivity contribution in [2.45, 2.75) is 26.8 Å². The molecule has 2 aromatic rings. The highest BCUT2D eigenvalue weighted by atomic mass is 79.9. The standard InChI is InChI=1S/C11H14BrNO.C10H10BrClN4O/c1-7(2)13-11(14)9-4-8(3)5-10(12)6-9;1-14-10(17)7(5-8(11)13)16-9-6(12)3-2-4-15-9/h4-7H,1-3H3,(H,13,14);2-5,13H,1H3,(H,14,17)(H,15,16)/b;7-5-,13-8?. The quantitative estimate of drug-likeness (QED) is 0.287. The first-order valence-corrected chi connectivity index (χ1v) is 11.1. The van der Waals surface area contributed by atoms with Gasteiger partial charge in [0.15, 0.2) is 0 Å². The minimum atomic E-state index is -0.365. The molecule has 166 valence electrons. The number of nitrogens with one attached hydrogen (secondary N) is 4. The van der Waals surface area contributed by atoms with Crippen molar-refractivity contribution in [3.63, 3.8) is 0 Å². The molecule has 0 bridgehead atoms. The molecule has 0 aliphatic rings. The molecule has 31 heavy (non-hydrogen) atoms. The predicted molar refractivity (Wildman–Crippen MR) is 133 cm³/mol. The first-order chi connectivity index (χ1) is 14.5. The Morgan fingerprint density at radius 2 is 1.94 bits per heavy atom. The Labute approximate surface area is 203 Å². The molecule has 1 aromatic heterocycles. The highest BCUT2D eigenvalue weighted by Crippen LogP contribution is 2.19. The van der Waals surface area contributed by atoms with E-state index in [4.69, 9.17) is 17.0 Å². The van der Waals surface area contributed by atoms with E-state index >= 15 is 0 Å². The average molecular weight is 574 g/mol. The summed E-state index contributed by atoms with van der Waals surface area (Å²) >= 11 is 12.2. The van der Waals surface area contributed by atoms with E-state index in [0.717, 1.165) is 10.0 Å². The Morgan fingerprint density at radius 3 is 2.45 bits per heavy atom. The summed E-state index contributed by atoms with van der Waals surface area (Å²) in [6.45, 7) is 5.86. The van der Waals surface area contributed by atoms with Gasteiger partial charge in [0.05, 0.1) is 9.64 Å². The Bertz CT molecular complexity index is 960. The number of benzene rings is 1. The summed E-state index contributed by atoms with van der Waals surface area (Å²) in [6.07, 6.45) is 2.87. The third kappa shape index (κ3) is 10.1. The first-order valence-electron chi connectivity index (χ1n) is 9.17. The van der Waals surface area contributed by atoms with E-state index in [1.54, 1.807) is 18.3 Å². The molecule has 0 aliphatic heterocycles. The van der Waals surface area contributed by atoms with E-state index in [9.17, 15) is 9.59 Å². The molecule has 1 heterocycles. The first kappa shape index (κ1) is 26.8. The van der Waals surface area contributed by atoms with Crippen LogP contribution in [-0.4, -0.2) is 34.5 Å². The van der Waals surface area contributed by atoms with Gasteiger partial charge in [0.25, 0.3) is 11.8 Å². The summed E-state index contributed by atoms with van der Waals surface area (Å²) < 4.78 is 1.00. The molecule has 0 saturated heterocycles. The number of pyridine rings is 1. The molecule has 10 heteroatoms. The second kappa shape index (κ2) is 13.2. The smallest absolute Gasteiger partial charge is 0.267 e. The van der Waals surface area contributed by atoms with Crippen LogP contribution in [0.3, 0.4) is 0 Å². The lowest BCUT2D eigenvalue weighted by Gasteiger charge is -2.09. The van der Waals surface area contributed by atoms with Gasteiger partial charge in [-0.1, -0.05) is 27.5 Å². The number of amides is 2. The zero-order valence-corrected chi connectivity index (χ0v) is 21.4. The van der Waals surface area contributed by atoms with E-state index in [1.165, 1.54) is 13.1 Å². The average Bonchev–Trinajstić information content (AvgIpc) is 2.67. The van der Waals surface area contributed by atoms with Gasteiger partial charge in [-0.15, -0.1) is 0 Å². The van der Waals surface area contributed by atoms with Gasteiger partial charge < -0.3 is 16.0 Å². The summed E-state index contributed by atoms with van der Waals surface area (Å²) in [5.41, 5.74) is 1.95. The molecule has 0 saturated carbocycles. The van der Waals surface area contributed by atoms with Crippen LogP contribution in [0, 0.1) is 12.3 Å². The third-order valence-corrected chi connectivity index (χ3v) is 4.47. The van der Waals surface area contributed by atoms with Gasteiger partial charge >= 0.3 is 0 Å². The number of nitrogens with zero attached hydrogens (tertiary/aromatic N) is 1. The third-order valence-electron chi connectivity index (χ3n) is 3.48. The minimum Gasteiger partial charge on any atom is -0.354 e. The number of aryl methyl sites for hydroxylation is 1. The van der Waals surface area contributed by atoms with Crippen molar-refractivity contribution >= 4 is 65.7 Å². The van der Waals surface area contributed by atoms with Crippen molar-refractivity contribution in [2.75, 3.05) is 12.4 Å². The van der Waals surface area contributed by atoms with E-state index in [-0.39, 0.29) is 28.2 Å². The lowest BCUT2D eigenvalue weighted by Crippen LogP contribution is -2.30. The molecule has 0 atom stereocenters. The van der Waals surface area contributed by atoms with Crippen LogP contribution in [-0.2, 0) is 4.79 Å². The van der Waals surface area contributed by atoms with Gasteiger partial charge in [-0.25, -0.2) is 4.98 Å². The number of hydrogen-bond donors (Lipinski definition) is 4. The number of likely N-dealkylation sites (N-methyl/N-ethyl adjacent to an activating group) is 1. The topological polar surface area (TPSA) is 107 Å². The van der Waals surface area contributed by atoms with Gasteiger partial charge in [-0.3, -0.25) is 15.0 Å². The zero-order chi connectivity index (χ0) is 23.6. The molecule has 7 nitrogen and oxygen atoms in total. The van der Waals surface area contributed by atoms with E-state index < -0.39 is 0 Å². The molecule has 0 radical (unpaired) electrons. The number of allylic oxidation sites excluding steroid dienone is 1. The summed E-state index contributed by atoms with van der Waals surface area (Å²) in [4.78, 5) is 27.2. The highest BCUT2D eigenvalue weighted by Gasteiger charge is 2.11. The molecule has 2 amide bonds. The van der Waals surface area contributed by atoms with Gasteiger partial charge in [0.1, 0.15) is 11.5 Å². The van der Waals surface area contributed by atoms with E-state index in [0.29, 0.717) is 16.4 Å². The van der Waals surface area contributed by atoms with Gasteiger partial charge in [-0.05, 0) is 78.7 Å². The number of aromatic nitrogens is 1. The molecule has 0 aliphatic carbocycles. The van der Waals surface area contributed by atoms with Crippen LogP contribution >= 0.6 is 43.5 Å². The van der Waals surface area contributed by atoms with Crippen LogP contribution < -0.4 is 16.0 Å². The fourth-order valence-electron chi connectivity index (χ4n) is 2.24. The Morgan fingerprint density at radius 1 is 1.26 bits per heavy atom. The largest absolute Gasteiger partial charge is 0.354 e. The lowest BCUT2D eigenvalue weighted by molar-refractivity contribution is -0.116. The van der Waals surface area contributed by atoms with Gasteiger partial charge in [-0.2, -0.15) is 0 Å². The second-order valence-corrected chi connectivity index (χ2v) is 8.77. The van der Waals surface area contributed by atoms with Crippen molar-refractivity contribution in [3.8, 4) is 0 Å². The summed E-state index contributed by atoms with van der Waals surface area (Å²) in [6, 6.07) is 9.18. The molecule has 0 spiro atoms. The van der Waals surface area contributed by atoms with Crippen LogP contribution in [0.25, 0.3) is 0 Å². The predicted octanol–water partition coefficient (Wildman–Crippen LogP) is 5.04. The van der Waals surface area contributed by atoms with Crippen LogP contribution in [0.1, 0.15) is 29.8 Å². The van der Waals surface area contributed by atoms with Crippen LogP contribution in [0.4, 0.5) is 5.82 Å². The highest BCUT2D eigenvalue weighted by molar-refractivity contribution is 9.18. The number of carbonyl (C=O) groups is 2. The second-order valence-electron chi connectivity index (χ2n) is 6.59. The molecule has 2 rings (SSSR count). The van der Waals surface area contributed by atoms with E-state index in [2.05, 4.69) is 52.8 Å². The maximum atomic E-state index is 11.6. The molecule has 4 N–H and O–H groups in total. The summed E-state index contributed by atoms with van der Waals surface area (Å²) in [5, 5.41) is 15.7. The van der Waals surface area contributed by atoms with E-state index in [1.807, 2.05) is 39.0 Å². The number of anilines is 1. The van der Waals surface area contributed by atoms with Gasteiger partial charge in [0, 0.05) is 29.3 Å². The number of carbonyl (C=O) groups excluding carboxylic acids is 2. The Balaban J connectivity index is 0.000000316. The van der Waals surface area contributed by atoms with Crippen molar-refractivity contribution in [1.29, 1.82) is 5.41 Å². The summed E-state index contributed by atoms with van der Waals surface area (Å²) in [7, 11) is 1.50. The Hall–Kier alpha value is -2.23. The van der Waals surface area contributed by atoms with Crippen LogP contribution in [0.15, 0.2) is 52.8 Å². The van der Waals surface area contributed by atoms with Crippen LogP contribution in [0.2, 0.25) is 5.02 Å². The number of rotatable bonds is 6. The molecule has 0 unspecified atom stereocenters. The summed E-state index contributed by atoms with van der Waals surface area (Å²) in [5.74, 6) is -0.0295. The molecular weight excluding hydrogens is 550 g/mol. The van der Waals surface area contributed by atoms with Crippen molar-refractivity contribution in [3.05, 3.63) is 68.9 Å². The normalized spacial score (nSPS) is 10.6. The molecule has 0 fully saturated rings. The molecular formula is C21H24Br2ClN5O2. The maximum absolute atomic E-state index is 11.6. The lowest BCUT2D eigenvalue weighted by atomic mass is 10.1. The van der Waals surface area contributed by atoms with Crippen molar-refractivity contribution in [2.24, 2.45) is 0 Å².